The van der Waals surface area contributed by atoms with Crippen LogP contribution in [-0.4, -0.2) is 33.2 Å². The molecule has 136 valence electrons. The van der Waals surface area contributed by atoms with Gasteiger partial charge >= 0.3 is 0 Å². The summed E-state index contributed by atoms with van der Waals surface area (Å²) in [7, 11) is 3.55. The van der Waals surface area contributed by atoms with Gasteiger partial charge in [-0.2, -0.15) is 11.3 Å². The average Bonchev–Trinajstić information content (AvgIpc) is 3.33. The highest BCUT2D eigenvalue weighted by Gasteiger charge is 2.22. The van der Waals surface area contributed by atoms with Crippen LogP contribution in [0.5, 0.6) is 0 Å². The SMILES string of the molecule is CN(Cc1ccsc1)C(=O)CSc1nc2sc3c(c2c(=O)n1C)CCC3. The van der Waals surface area contributed by atoms with Gasteiger partial charge in [-0.15, -0.1) is 11.3 Å². The van der Waals surface area contributed by atoms with E-state index in [9.17, 15) is 9.59 Å². The molecule has 5 nitrogen and oxygen atoms in total. The Morgan fingerprint density at radius 2 is 2.27 bits per heavy atom. The predicted molar refractivity (Wildman–Crippen MR) is 108 cm³/mol. The molecule has 0 bridgehead atoms. The third kappa shape index (κ3) is 3.21. The topological polar surface area (TPSA) is 55.2 Å². The quantitative estimate of drug-likeness (QED) is 0.483. The van der Waals surface area contributed by atoms with Crippen LogP contribution in [0.2, 0.25) is 0 Å². The van der Waals surface area contributed by atoms with Crippen LogP contribution in [0, 0.1) is 0 Å². The van der Waals surface area contributed by atoms with E-state index >= 15 is 0 Å². The number of aromatic nitrogens is 2. The molecule has 1 aliphatic rings. The van der Waals surface area contributed by atoms with Crippen molar-refractivity contribution in [2.24, 2.45) is 7.05 Å². The van der Waals surface area contributed by atoms with E-state index in [1.165, 1.54) is 22.2 Å². The van der Waals surface area contributed by atoms with Crippen molar-refractivity contribution in [2.75, 3.05) is 12.8 Å². The number of nitrogens with zero attached hydrogens (tertiary/aromatic N) is 3. The monoisotopic (exact) mass is 405 g/mol. The Labute approximate surface area is 163 Å². The van der Waals surface area contributed by atoms with Gasteiger partial charge in [0, 0.05) is 25.5 Å². The minimum Gasteiger partial charge on any atom is -0.341 e. The van der Waals surface area contributed by atoms with Gasteiger partial charge in [-0.3, -0.25) is 14.2 Å². The first-order chi connectivity index (χ1) is 12.5. The zero-order valence-electron chi connectivity index (χ0n) is 14.7. The number of carbonyl (C=O) groups excluding carboxylic acids is 1. The smallest absolute Gasteiger partial charge is 0.262 e. The van der Waals surface area contributed by atoms with E-state index < -0.39 is 0 Å². The number of carbonyl (C=O) groups is 1. The van der Waals surface area contributed by atoms with Crippen LogP contribution >= 0.6 is 34.4 Å². The van der Waals surface area contributed by atoms with E-state index in [1.807, 2.05) is 16.8 Å². The number of thiophene rings is 2. The molecule has 8 heteroatoms. The number of amides is 1. The Morgan fingerprint density at radius 3 is 3.04 bits per heavy atom. The van der Waals surface area contributed by atoms with E-state index in [-0.39, 0.29) is 17.2 Å². The first-order valence-electron chi connectivity index (χ1n) is 8.43. The fourth-order valence-corrected chi connectivity index (χ4v) is 6.09. The molecule has 4 rings (SSSR count). The van der Waals surface area contributed by atoms with Crippen LogP contribution in [0.4, 0.5) is 0 Å². The fourth-order valence-electron chi connectivity index (χ4n) is 3.22. The molecule has 1 aliphatic carbocycles. The van der Waals surface area contributed by atoms with Crippen molar-refractivity contribution in [3.8, 4) is 0 Å². The maximum atomic E-state index is 12.8. The molecule has 0 aliphatic heterocycles. The van der Waals surface area contributed by atoms with Crippen LogP contribution in [0.25, 0.3) is 10.2 Å². The number of fused-ring (bicyclic) bond motifs is 3. The second-order valence-corrected chi connectivity index (χ2v) is 9.27. The molecule has 3 aromatic rings. The van der Waals surface area contributed by atoms with Gasteiger partial charge in [0.2, 0.25) is 5.91 Å². The fraction of sp³-hybridized carbons (Fsp3) is 0.389. The molecule has 26 heavy (non-hydrogen) atoms. The highest BCUT2D eigenvalue weighted by molar-refractivity contribution is 7.99. The summed E-state index contributed by atoms with van der Waals surface area (Å²) in [5, 5.41) is 5.46. The molecule has 0 atom stereocenters. The molecule has 0 spiro atoms. The van der Waals surface area contributed by atoms with Crippen molar-refractivity contribution in [1.82, 2.24) is 14.5 Å². The third-order valence-electron chi connectivity index (χ3n) is 4.66. The van der Waals surface area contributed by atoms with Gasteiger partial charge in [0.05, 0.1) is 11.1 Å². The standard InChI is InChI=1S/C18H19N3O2S3/c1-20(8-11-6-7-24-9-11)14(22)10-25-18-19-16-15(17(23)21(18)2)12-4-3-5-13(12)26-16/h6-7,9H,3-5,8,10H2,1-2H3. The van der Waals surface area contributed by atoms with Crippen LogP contribution in [0.3, 0.4) is 0 Å². The van der Waals surface area contributed by atoms with Gasteiger partial charge in [-0.05, 0) is 47.2 Å². The van der Waals surface area contributed by atoms with Crippen molar-refractivity contribution in [1.29, 1.82) is 0 Å². The summed E-state index contributed by atoms with van der Waals surface area (Å²) in [5.41, 5.74) is 2.34. The third-order valence-corrected chi connectivity index (χ3v) is 7.59. The van der Waals surface area contributed by atoms with Gasteiger partial charge < -0.3 is 4.90 Å². The lowest BCUT2D eigenvalue weighted by Crippen LogP contribution is -2.28. The number of aryl methyl sites for hydroxylation is 2. The van der Waals surface area contributed by atoms with Gasteiger partial charge in [-0.25, -0.2) is 4.98 Å². The van der Waals surface area contributed by atoms with Crippen molar-refractivity contribution < 1.29 is 4.79 Å². The van der Waals surface area contributed by atoms with Crippen molar-refractivity contribution >= 4 is 50.6 Å². The summed E-state index contributed by atoms with van der Waals surface area (Å²) < 4.78 is 1.59. The van der Waals surface area contributed by atoms with Crippen LogP contribution in [0.15, 0.2) is 26.8 Å². The summed E-state index contributed by atoms with van der Waals surface area (Å²) in [5.74, 6) is 0.307. The second-order valence-electron chi connectivity index (χ2n) is 6.47. The van der Waals surface area contributed by atoms with Gasteiger partial charge in [-0.1, -0.05) is 11.8 Å². The molecule has 0 radical (unpaired) electrons. The summed E-state index contributed by atoms with van der Waals surface area (Å²) in [6, 6.07) is 2.02. The first kappa shape index (κ1) is 17.8. The minimum atomic E-state index is 0.0102. The highest BCUT2D eigenvalue weighted by Crippen LogP contribution is 2.35. The van der Waals surface area contributed by atoms with E-state index in [0.29, 0.717) is 11.7 Å². The van der Waals surface area contributed by atoms with E-state index in [0.717, 1.165) is 35.0 Å². The summed E-state index contributed by atoms with van der Waals surface area (Å²) in [4.78, 5) is 33.7. The van der Waals surface area contributed by atoms with Gasteiger partial charge in [0.1, 0.15) is 4.83 Å². The number of hydrogen-bond donors (Lipinski definition) is 0. The predicted octanol–water partition coefficient (Wildman–Crippen LogP) is 3.30. The second kappa shape index (κ2) is 7.17. The molecule has 1 amide bonds. The molecule has 0 saturated carbocycles. The molecular weight excluding hydrogens is 386 g/mol. The number of rotatable bonds is 5. The van der Waals surface area contributed by atoms with Gasteiger partial charge in [0.25, 0.3) is 5.56 Å². The molecular formula is C18H19N3O2S3. The molecule has 0 aromatic carbocycles. The Morgan fingerprint density at radius 1 is 1.42 bits per heavy atom. The Balaban J connectivity index is 1.51. The van der Waals surface area contributed by atoms with E-state index in [1.54, 1.807) is 46.2 Å². The maximum absolute atomic E-state index is 12.8. The zero-order chi connectivity index (χ0) is 18.3. The Kier molecular flexibility index (Phi) is 4.90. The number of hydrogen-bond acceptors (Lipinski definition) is 6. The highest BCUT2D eigenvalue weighted by atomic mass is 32.2. The Hall–Kier alpha value is -1.64. The average molecular weight is 406 g/mol. The first-order valence-corrected chi connectivity index (χ1v) is 11.2. The lowest BCUT2D eigenvalue weighted by Gasteiger charge is -2.16. The molecule has 0 unspecified atom stereocenters. The lowest BCUT2D eigenvalue weighted by molar-refractivity contribution is -0.127. The zero-order valence-corrected chi connectivity index (χ0v) is 17.1. The van der Waals surface area contributed by atoms with Crippen LogP contribution in [-0.2, 0) is 31.2 Å². The lowest BCUT2D eigenvalue weighted by atomic mass is 10.2. The Bertz CT molecular complexity index is 1020. The molecule has 0 saturated heterocycles. The minimum absolute atomic E-state index is 0.0102. The molecule has 0 fully saturated rings. The van der Waals surface area contributed by atoms with Crippen LogP contribution < -0.4 is 5.56 Å². The summed E-state index contributed by atoms with van der Waals surface area (Å²) >= 11 is 4.60. The normalized spacial score (nSPS) is 13.3. The molecule has 0 N–H and O–H groups in total. The van der Waals surface area contributed by atoms with E-state index in [2.05, 4.69) is 4.98 Å². The maximum Gasteiger partial charge on any atom is 0.262 e. The van der Waals surface area contributed by atoms with Crippen molar-refractivity contribution in [3.63, 3.8) is 0 Å². The van der Waals surface area contributed by atoms with Crippen LogP contribution in [0.1, 0.15) is 22.4 Å². The summed E-state index contributed by atoms with van der Waals surface area (Å²) in [6.45, 7) is 0.603. The summed E-state index contributed by atoms with van der Waals surface area (Å²) in [6.07, 6.45) is 3.15. The van der Waals surface area contributed by atoms with Crippen molar-refractivity contribution in [3.05, 3.63) is 43.2 Å². The van der Waals surface area contributed by atoms with E-state index in [4.69, 9.17) is 0 Å². The largest absolute Gasteiger partial charge is 0.341 e. The molecule has 3 aromatic heterocycles. The van der Waals surface area contributed by atoms with Gasteiger partial charge in [0.15, 0.2) is 5.16 Å². The molecule has 3 heterocycles. The van der Waals surface area contributed by atoms with Crippen molar-refractivity contribution in [2.45, 2.75) is 31.0 Å². The number of thioether (sulfide) groups is 1.